The predicted octanol–water partition coefficient (Wildman–Crippen LogP) is 0.195. The normalized spacial score (nSPS) is 20.6. The molecule has 0 aromatic heterocycles. The number of hydrogen-bond acceptors (Lipinski definition) is 5. The van der Waals surface area contributed by atoms with Gasteiger partial charge in [-0.3, -0.25) is 9.59 Å². The van der Waals surface area contributed by atoms with Crippen LogP contribution in [0, 0.1) is 11.8 Å². The summed E-state index contributed by atoms with van der Waals surface area (Å²) in [4.78, 5) is 36.2. The van der Waals surface area contributed by atoms with Crippen molar-refractivity contribution in [3.8, 4) is 0 Å². The number of carbonyl (C=O) groups excluding carboxylic acids is 3. The minimum atomic E-state index is -0.802. The van der Waals surface area contributed by atoms with Gasteiger partial charge in [0.2, 0.25) is 11.8 Å². The van der Waals surface area contributed by atoms with E-state index in [1.807, 2.05) is 13.8 Å². The highest BCUT2D eigenvalue weighted by Gasteiger charge is 2.32. The maximum absolute atomic E-state index is 12.4. The first-order valence-electron chi connectivity index (χ1n) is 8.22. The van der Waals surface area contributed by atoms with Crippen molar-refractivity contribution < 1.29 is 19.1 Å². The van der Waals surface area contributed by atoms with Crippen molar-refractivity contribution in [2.75, 3.05) is 20.7 Å². The number of piperidine rings is 1. The van der Waals surface area contributed by atoms with Crippen molar-refractivity contribution in [1.82, 2.24) is 16.0 Å². The highest BCUT2D eigenvalue weighted by molar-refractivity contribution is 5.88. The third kappa shape index (κ3) is 6.17. The smallest absolute Gasteiger partial charge is 0.328 e. The van der Waals surface area contributed by atoms with Crippen LogP contribution in [0.15, 0.2) is 0 Å². The van der Waals surface area contributed by atoms with Gasteiger partial charge in [0.05, 0.1) is 13.2 Å². The summed E-state index contributed by atoms with van der Waals surface area (Å²) in [5, 5.41) is 8.49. The van der Waals surface area contributed by atoms with Gasteiger partial charge >= 0.3 is 5.97 Å². The van der Waals surface area contributed by atoms with Gasteiger partial charge in [-0.15, -0.1) is 0 Å². The molecule has 3 N–H and O–H groups in total. The number of methoxy groups -OCH3 is 1. The standard InChI is InChI=1S/C16H29N3O4/c1-10(2)8-12(17-3)15(21)19-13(16(22)23-4)9-11-6-5-7-18-14(11)20/h10-13,17H,5-9H2,1-4H3,(H,18,20)(H,19,21)/t11-,12?,13?/m0/s1. The summed E-state index contributed by atoms with van der Waals surface area (Å²) in [7, 11) is 3.00. The molecule has 23 heavy (non-hydrogen) atoms. The molecule has 1 fully saturated rings. The molecule has 2 amide bonds. The lowest BCUT2D eigenvalue weighted by Crippen LogP contribution is -2.51. The Hall–Kier alpha value is -1.63. The average Bonchev–Trinajstić information content (AvgIpc) is 2.52. The van der Waals surface area contributed by atoms with Crippen LogP contribution >= 0.6 is 0 Å². The Morgan fingerprint density at radius 2 is 2.04 bits per heavy atom. The molecule has 3 atom stereocenters. The van der Waals surface area contributed by atoms with E-state index in [0.29, 0.717) is 18.9 Å². The second kappa shape index (κ2) is 9.50. The zero-order valence-corrected chi connectivity index (χ0v) is 14.5. The number of esters is 1. The van der Waals surface area contributed by atoms with E-state index < -0.39 is 12.0 Å². The molecule has 2 unspecified atom stereocenters. The van der Waals surface area contributed by atoms with Crippen LogP contribution in [-0.4, -0.2) is 50.6 Å². The summed E-state index contributed by atoms with van der Waals surface area (Å²) in [5.41, 5.74) is 0. The zero-order chi connectivity index (χ0) is 17.4. The van der Waals surface area contributed by atoms with Crippen molar-refractivity contribution in [2.24, 2.45) is 11.8 Å². The average molecular weight is 327 g/mol. The molecule has 0 saturated carbocycles. The van der Waals surface area contributed by atoms with Gasteiger partial charge in [0.25, 0.3) is 0 Å². The van der Waals surface area contributed by atoms with Crippen LogP contribution < -0.4 is 16.0 Å². The summed E-state index contributed by atoms with van der Waals surface area (Å²) in [6.45, 7) is 4.73. The number of hydrogen-bond donors (Lipinski definition) is 3. The number of ether oxygens (including phenoxy) is 1. The minimum Gasteiger partial charge on any atom is -0.467 e. The second-order valence-electron chi connectivity index (χ2n) is 6.42. The van der Waals surface area contributed by atoms with E-state index >= 15 is 0 Å². The molecule has 7 nitrogen and oxygen atoms in total. The van der Waals surface area contributed by atoms with Crippen LogP contribution in [0.4, 0.5) is 0 Å². The van der Waals surface area contributed by atoms with E-state index in [-0.39, 0.29) is 30.2 Å². The highest BCUT2D eigenvalue weighted by Crippen LogP contribution is 2.18. The van der Waals surface area contributed by atoms with E-state index in [1.165, 1.54) is 7.11 Å². The molecule has 1 aliphatic heterocycles. The van der Waals surface area contributed by atoms with Gasteiger partial charge in [0.1, 0.15) is 6.04 Å². The Bertz CT molecular complexity index is 426. The molecule has 0 aromatic carbocycles. The maximum atomic E-state index is 12.4. The van der Waals surface area contributed by atoms with Gasteiger partial charge in [-0.2, -0.15) is 0 Å². The van der Waals surface area contributed by atoms with Crippen LogP contribution in [0.1, 0.15) is 39.5 Å². The Morgan fingerprint density at radius 3 is 2.57 bits per heavy atom. The quantitative estimate of drug-likeness (QED) is 0.553. The lowest BCUT2D eigenvalue weighted by molar-refractivity contribution is -0.146. The molecule has 0 bridgehead atoms. The van der Waals surface area contributed by atoms with Crippen molar-refractivity contribution >= 4 is 17.8 Å². The monoisotopic (exact) mass is 327 g/mol. The fourth-order valence-corrected chi connectivity index (χ4v) is 2.80. The SMILES string of the molecule is CNC(CC(C)C)C(=O)NC(C[C@@H]1CCCNC1=O)C(=O)OC. The zero-order valence-electron chi connectivity index (χ0n) is 14.5. The van der Waals surface area contributed by atoms with E-state index in [9.17, 15) is 14.4 Å². The molecule has 0 spiro atoms. The number of carbonyl (C=O) groups is 3. The van der Waals surface area contributed by atoms with Gasteiger partial charge in [-0.05, 0) is 38.6 Å². The number of rotatable bonds is 8. The van der Waals surface area contributed by atoms with Gasteiger partial charge in [-0.25, -0.2) is 4.79 Å². The van der Waals surface area contributed by atoms with Gasteiger partial charge in [-0.1, -0.05) is 13.8 Å². The van der Waals surface area contributed by atoms with Crippen molar-refractivity contribution in [2.45, 2.75) is 51.6 Å². The summed E-state index contributed by atoms with van der Waals surface area (Å²) >= 11 is 0. The van der Waals surface area contributed by atoms with E-state index in [2.05, 4.69) is 16.0 Å². The first-order valence-corrected chi connectivity index (χ1v) is 8.22. The lowest BCUT2D eigenvalue weighted by atomic mass is 9.91. The Kier molecular flexibility index (Phi) is 8.02. The fourth-order valence-electron chi connectivity index (χ4n) is 2.80. The molecule has 0 radical (unpaired) electrons. The molecule has 1 aliphatic rings. The third-order valence-corrected chi connectivity index (χ3v) is 4.09. The second-order valence-corrected chi connectivity index (χ2v) is 6.42. The van der Waals surface area contributed by atoms with Crippen molar-refractivity contribution in [1.29, 1.82) is 0 Å². The maximum Gasteiger partial charge on any atom is 0.328 e. The summed E-state index contributed by atoms with van der Waals surface area (Å²) in [5.74, 6) is -0.749. The Labute approximate surface area is 137 Å². The Morgan fingerprint density at radius 1 is 1.35 bits per heavy atom. The molecule has 0 aromatic rings. The number of amides is 2. The van der Waals surface area contributed by atoms with Gasteiger partial charge in [0.15, 0.2) is 0 Å². The van der Waals surface area contributed by atoms with Crippen LogP contribution in [0.3, 0.4) is 0 Å². The molecule has 1 rings (SSSR count). The molecular formula is C16H29N3O4. The molecule has 7 heteroatoms. The molecule has 132 valence electrons. The lowest BCUT2D eigenvalue weighted by Gasteiger charge is -2.27. The van der Waals surface area contributed by atoms with Gasteiger partial charge < -0.3 is 20.7 Å². The molecule has 1 heterocycles. The van der Waals surface area contributed by atoms with Crippen molar-refractivity contribution in [3.63, 3.8) is 0 Å². The molecule has 1 saturated heterocycles. The highest BCUT2D eigenvalue weighted by atomic mass is 16.5. The van der Waals surface area contributed by atoms with E-state index in [1.54, 1.807) is 7.05 Å². The van der Waals surface area contributed by atoms with E-state index in [0.717, 1.165) is 12.8 Å². The van der Waals surface area contributed by atoms with E-state index in [4.69, 9.17) is 4.74 Å². The largest absolute Gasteiger partial charge is 0.467 e. The van der Waals surface area contributed by atoms with Crippen LogP contribution in [0.2, 0.25) is 0 Å². The fraction of sp³-hybridized carbons (Fsp3) is 0.812. The Balaban J connectivity index is 2.71. The number of likely N-dealkylation sites (N-methyl/N-ethyl adjacent to an activating group) is 1. The molecule has 0 aliphatic carbocycles. The van der Waals surface area contributed by atoms with Crippen LogP contribution in [0.5, 0.6) is 0 Å². The van der Waals surface area contributed by atoms with Crippen LogP contribution in [-0.2, 0) is 19.1 Å². The third-order valence-electron chi connectivity index (χ3n) is 4.09. The molecular weight excluding hydrogens is 298 g/mol. The first kappa shape index (κ1) is 19.4. The summed E-state index contributed by atoms with van der Waals surface area (Å²) < 4.78 is 4.78. The predicted molar refractivity (Wildman–Crippen MR) is 86.6 cm³/mol. The first-order chi connectivity index (χ1) is 10.9. The summed E-state index contributed by atoms with van der Waals surface area (Å²) in [6.07, 6.45) is 2.53. The minimum absolute atomic E-state index is 0.0632. The van der Waals surface area contributed by atoms with Gasteiger partial charge in [0, 0.05) is 12.5 Å². The summed E-state index contributed by atoms with van der Waals surface area (Å²) in [6, 6.07) is -1.17. The van der Waals surface area contributed by atoms with Crippen molar-refractivity contribution in [3.05, 3.63) is 0 Å². The van der Waals surface area contributed by atoms with Crippen LogP contribution in [0.25, 0.3) is 0 Å². The topological polar surface area (TPSA) is 96.5 Å². The number of nitrogens with one attached hydrogen (secondary N) is 3.